The van der Waals surface area contributed by atoms with Crippen LogP contribution in [-0.2, 0) is 0 Å². The van der Waals surface area contributed by atoms with Gasteiger partial charge in [0, 0.05) is 18.5 Å². The van der Waals surface area contributed by atoms with E-state index in [4.69, 9.17) is 0 Å². The molecule has 0 amide bonds. The summed E-state index contributed by atoms with van der Waals surface area (Å²) in [6.07, 6.45) is 5.32. The number of aromatic nitrogens is 2. The van der Waals surface area contributed by atoms with Crippen molar-refractivity contribution in [2.75, 3.05) is 18.0 Å². The van der Waals surface area contributed by atoms with Crippen molar-refractivity contribution in [1.82, 2.24) is 9.97 Å². The molecular formula is C14H15N3. The summed E-state index contributed by atoms with van der Waals surface area (Å²) in [7, 11) is 0. The number of benzene rings is 1. The highest BCUT2D eigenvalue weighted by atomic mass is 15.2. The molecule has 0 aliphatic rings. The molecule has 0 fully saturated rings. The van der Waals surface area contributed by atoms with E-state index in [1.54, 1.807) is 6.33 Å². The van der Waals surface area contributed by atoms with E-state index in [2.05, 4.69) is 28.0 Å². The van der Waals surface area contributed by atoms with E-state index in [0.717, 1.165) is 29.8 Å². The van der Waals surface area contributed by atoms with Crippen molar-refractivity contribution < 1.29 is 0 Å². The van der Waals surface area contributed by atoms with Gasteiger partial charge in [0.2, 0.25) is 0 Å². The fourth-order valence-electron chi connectivity index (χ4n) is 1.80. The zero-order valence-corrected chi connectivity index (χ0v) is 9.71. The van der Waals surface area contributed by atoms with E-state index in [-0.39, 0.29) is 0 Å². The zero-order chi connectivity index (χ0) is 12.1. The van der Waals surface area contributed by atoms with E-state index >= 15 is 0 Å². The molecule has 0 spiro atoms. The van der Waals surface area contributed by atoms with Crippen LogP contribution in [0.3, 0.4) is 0 Å². The van der Waals surface area contributed by atoms with Gasteiger partial charge in [-0.3, -0.25) is 0 Å². The molecule has 0 bridgehead atoms. The highest BCUT2D eigenvalue weighted by Crippen LogP contribution is 2.22. The summed E-state index contributed by atoms with van der Waals surface area (Å²) in [5, 5.41) is 1.05. The fourth-order valence-corrected chi connectivity index (χ4v) is 1.80. The molecule has 3 heteroatoms. The molecule has 1 aromatic heterocycles. The van der Waals surface area contributed by atoms with Crippen LogP contribution >= 0.6 is 0 Å². The molecule has 0 radical (unpaired) electrons. The molecule has 0 aliphatic carbocycles. The van der Waals surface area contributed by atoms with Crippen LogP contribution in [0.15, 0.2) is 55.9 Å². The summed E-state index contributed by atoms with van der Waals surface area (Å²) in [4.78, 5) is 10.7. The summed E-state index contributed by atoms with van der Waals surface area (Å²) >= 11 is 0. The highest BCUT2D eigenvalue weighted by Gasteiger charge is 2.09. The standard InChI is InChI=1S/C14H15N3/c1-3-9-17(10-4-2)14-12-7-5-6-8-13(12)15-11-16-14/h3-8,11H,1-2,9-10H2. The van der Waals surface area contributed by atoms with Gasteiger partial charge in [0.25, 0.3) is 0 Å². The Balaban J connectivity index is 2.51. The molecule has 0 unspecified atom stereocenters. The summed E-state index contributed by atoms with van der Waals surface area (Å²) in [5.41, 5.74) is 0.954. The van der Waals surface area contributed by atoms with Gasteiger partial charge in [0.15, 0.2) is 0 Å². The Hall–Kier alpha value is -2.16. The van der Waals surface area contributed by atoms with Crippen LogP contribution in [0, 0.1) is 0 Å². The minimum absolute atomic E-state index is 0.743. The molecule has 86 valence electrons. The van der Waals surface area contributed by atoms with Crippen molar-refractivity contribution in [2.24, 2.45) is 0 Å². The van der Waals surface area contributed by atoms with Crippen LogP contribution in [-0.4, -0.2) is 23.1 Å². The van der Waals surface area contributed by atoms with Crippen LogP contribution in [0.4, 0.5) is 5.82 Å². The highest BCUT2D eigenvalue weighted by molar-refractivity contribution is 5.89. The Morgan fingerprint density at radius 1 is 1.06 bits per heavy atom. The van der Waals surface area contributed by atoms with Gasteiger partial charge in [0.05, 0.1) is 5.52 Å². The lowest BCUT2D eigenvalue weighted by Gasteiger charge is -2.21. The number of anilines is 1. The third-order valence-electron chi connectivity index (χ3n) is 2.52. The number of para-hydroxylation sites is 1. The first-order valence-corrected chi connectivity index (χ1v) is 5.53. The second-order valence-electron chi connectivity index (χ2n) is 3.70. The third kappa shape index (κ3) is 2.33. The fraction of sp³-hybridized carbons (Fsp3) is 0.143. The molecule has 0 aliphatic heterocycles. The van der Waals surface area contributed by atoms with Gasteiger partial charge < -0.3 is 4.90 Å². The minimum Gasteiger partial charge on any atom is -0.349 e. The predicted molar refractivity (Wildman–Crippen MR) is 72.1 cm³/mol. The summed E-state index contributed by atoms with van der Waals surface area (Å²) in [5.74, 6) is 0.926. The Labute approximate surface area is 101 Å². The lowest BCUT2D eigenvalue weighted by Crippen LogP contribution is -2.24. The lowest BCUT2D eigenvalue weighted by atomic mass is 10.2. The molecule has 1 aromatic carbocycles. The third-order valence-corrected chi connectivity index (χ3v) is 2.52. The van der Waals surface area contributed by atoms with Gasteiger partial charge in [-0.2, -0.15) is 0 Å². The number of hydrogen-bond acceptors (Lipinski definition) is 3. The Kier molecular flexibility index (Phi) is 3.50. The van der Waals surface area contributed by atoms with Crippen molar-refractivity contribution in [1.29, 1.82) is 0 Å². The number of fused-ring (bicyclic) bond motifs is 1. The maximum atomic E-state index is 4.36. The maximum Gasteiger partial charge on any atom is 0.140 e. The monoisotopic (exact) mass is 225 g/mol. The number of hydrogen-bond donors (Lipinski definition) is 0. The summed E-state index contributed by atoms with van der Waals surface area (Å²) in [6, 6.07) is 7.99. The van der Waals surface area contributed by atoms with Gasteiger partial charge >= 0.3 is 0 Å². The average Bonchev–Trinajstić information content (AvgIpc) is 2.38. The normalized spacial score (nSPS) is 10.1. The second-order valence-corrected chi connectivity index (χ2v) is 3.70. The van der Waals surface area contributed by atoms with Crippen molar-refractivity contribution >= 4 is 16.7 Å². The first-order valence-electron chi connectivity index (χ1n) is 5.53. The molecule has 0 N–H and O–H groups in total. The van der Waals surface area contributed by atoms with E-state index in [0.29, 0.717) is 0 Å². The lowest BCUT2D eigenvalue weighted by molar-refractivity contribution is 0.928. The van der Waals surface area contributed by atoms with Gasteiger partial charge in [-0.05, 0) is 12.1 Å². The Morgan fingerprint density at radius 2 is 1.76 bits per heavy atom. The molecular weight excluding hydrogens is 210 g/mol. The smallest absolute Gasteiger partial charge is 0.140 e. The van der Waals surface area contributed by atoms with Crippen LogP contribution in [0.1, 0.15) is 0 Å². The van der Waals surface area contributed by atoms with Crippen molar-refractivity contribution in [3.8, 4) is 0 Å². The SMILES string of the molecule is C=CCN(CC=C)c1ncnc2ccccc12. The quantitative estimate of drug-likeness (QED) is 0.733. The van der Waals surface area contributed by atoms with Crippen LogP contribution in [0.2, 0.25) is 0 Å². The molecule has 17 heavy (non-hydrogen) atoms. The largest absolute Gasteiger partial charge is 0.349 e. The van der Waals surface area contributed by atoms with Gasteiger partial charge in [-0.15, -0.1) is 13.2 Å². The van der Waals surface area contributed by atoms with Crippen LogP contribution in [0.5, 0.6) is 0 Å². The zero-order valence-electron chi connectivity index (χ0n) is 9.71. The van der Waals surface area contributed by atoms with Crippen LogP contribution < -0.4 is 4.90 Å². The van der Waals surface area contributed by atoms with Crippen molar-refractivity contribution in [3.05, 3.63) is 55.9 Å². The van der Waals surface area contributed by atoms with E-state index < -0.39 is 0 Å². The van der Waals surface area contributed by atoms with Gasteiger partial charge in [0.1, 0.15) is 12.1 Å². The Morgan fingerprint density at radius 3 is 2.47 bits per heavy atom. The van der Waals surface area contributed by atoms with Crippen LogP contribution in [0.25, 0.3) is 10.9 Å². The summed E-state index contributed by atoms with van der Waals surface area (Å²) < 4.78 is 0. The Bertz CT molecular complexity index is 518. The molecule has 0 saturated carbocycles. The summed E-state index contributed by atoms with van der Waals surface area (Å²) in [6.45, 7) is 9.02. The van der Waals surface area contributed by atoms with Gasteiger partial charge in [-0.25, -0.2) is 9.97 Å². The molecule has 0 saturated heterocycles. The van der Waals surface area contributed by atoms with Crippen molar-refractivity contribution in [2.45, 2.75) is 0 Å². The van der Waals surface area contributed by atoms with E-state index in [1.807, 2.05) is 36.4 Å². The second kappa shape index (κ2) is 5.25. The number of rotatable bonds is 5. The average molecular weight is 225 g/mol. The molecule has 2 aromatic rings. The topological polar surface area (TPSA) is 29.0 Å². The molecule has 2 rings (SSSR count). The molecule has 0 atom stereocenters. The van der Waals surface area contributed by atoms with E-state index in [9.17, 15) is 0 Å². The first kappa shape index (κ1) is 11.3. The van der Waals surface area contributed by atoms with E-state index in [1.165, 1.54) is 0 Å². The number of nitrogens with zero attached hydrogens (tertiary/aromatic N) is 3. The maximum absolute atomic E-state index is 4.36. The first-order chi connectivity index (χ1) is 8.36. The minimum atomic E-state index is 0.743. The molecule has 1 heterocycles. The predicted octanol–water partition coefficient (Wildman–Crippen LogP) is 2.81. The van der Waals surface area contributed by atoms with Gasteiger partial charge in [-0.1, -0.05) is 24.3 Å². The molecule has 3 nitrogen and oxygen atoms in total. The van der Waals surface area contributed by atoms with Crippen molar-refractivity contribution in [3.63, 3.8) is 0 Å².